The van der Waals surface area contributed by atoms with Crippen molar-refractivity contribution in [1.82, 2.24) is 10.6 Å². The van der Waals surface area contributed by atoms with Gasteiger partial charge in [0.05, 0.1) is 12.2 Å². The molecule has 0 aliphatic rings. The summed E-state index contributed by atoms with van der Waals surface area (Å²) in [7, 11) is 0. The fraction of sp³-hybridized carbons (Fsp3) is 0.929. The molecule has 0 rings (SSSR count). The molecule has 0 aromatic carbocycles. The molecular weight excluding hydrogens is 242 g/mol. The summed E-state index contributed by atoms with van der Waals surface area (Å²) in [6.07, 6.45) is 1.34. The summed E-state index contributed by atoms with van der Waals surface area (Å²) < 4.78 is 5.91. The quantitative estimate of drug-likeness (QED) is 0.525. The number of hydrogen-bond donors (Lipinski definition) is 3. The van der Waals surface area contributed by atoms with Gasteiger partial charge in [-0.2, -0.15) is 0 Å². The molecule has 0 fully saturated rings. The Kier molecular flexibility index (Phi) is 8.97. The minimum absolute atomic E-state index is 0.137. The lowest BCUT2D eigenvalue weighted by Crippen LogP contribution is -2.38. The topological polar surface area (TPSA) is 76.4 Å². The van der Waals surface area contributed by atoms with Crippen molar-refractivity contribution in [2.45, 2.75) is 65.1 Å². The van der Waals surface area contributed by atoms with Crippen molar-refractivity contribution in [3.05, 3.63) is 0 Å². The van der Waals surface area contributed by atoms with Crippen LogP contribution in [0.4, 0.5) is 0 Å². The van der Waals surface area contributed by atoms with Crippen LogP contribution in [0.1, 0.15) is 47.5 Å². The second-order valence-corrected chi connectivity index (χ2v) is 6.00. The van der Waals surface area contributed by atoms with Gasteiger partial charge in [0.2, 0.25) is 5.91 Å². The van der Waals surface area contributed by atoms with E-state index in [9.17, 15) is 4.79 Å². The van der Waals surface area contributed by atoms with Crippen LogP contribution in [0.3, 0.4) is 0 Å². The van der Waals surface area contributed by atoms with E-state index in [0.717, 1.165) is 13.0 Å². The maximum atomic E-state index is 10.6. The zero-order valence-corrected chi connectivity index (χ0v) is 13.1. The Morgan fingerprint density at radius 3 is 2.37 bits per heavy atom. The first-order chi connectivity index (χ1) is 8.73. The highest BCUT2D eigenvalue weighted by Gasteiger charge is 2.19. The Morgan fingerprint density at radius 2 is 1.84 bits per heavy atom. The van der Waals surface area contributed by atoms with Crippen molar-refractivity contribution in [2.24, 2.45) is 5.73 Å². The normalized spacial score (nSPS) is 13.8. The highest BCUT2D eigenvalue weighted by Crippen LogP contribution is 2.14. The van der Waals surface area contributed by atoms with E-state index in [1.165, 1.54) is 0 Å². The van der Waals surface area contributed by atoms with Gasteiger partial charge < -0.3 is 21.1 Å². The number of amides is 1. The predicted octanol–water partition coefficient (Wildman–Crippen LogP) is 1.02. The van der Waals surface area contributed by atoms with Gasteiger partial charge in [0.1, 0.15) is 0 Å². The number of hydrogen-bond acceptors (Lipinski definition) is 4. The van der Waals surface area contributed by atoms with Crippen LogP contribution in [0, 0.1) is 0 Å². The molecule has 0 bridgehead atoms. The standard InChI is InChI=1S/C14H31N3O2/c1-11(2)16-9-7-14(4,5)19-10-12(3)17-8-6-13(15)18/h11-12,16-17H,6-10H2,1-5H3,(H2,15,18). The van der Waals surface area contributed by atoms with Crippen LogP contribution >= 0.6 is 0 Å². The fourth-order valence-electron chi connectivity index (χ4n) is 1.59. The molecule has 5 heteroatoms. The number of nitrogens with one attached hydrogen (secondary N) is 2. The van der Waals surface area contributed by atoms with Crippen molar-refractivity contribution < 1.29 is 9.53 Å². The second-order valence-electron chi connectivity index (χ2n) is 6.00. The monoisotopic (exact) mass is 273 g/mol. The lowest BCUT2D eigenvalue weighted by Gasteiger charge is -2.28. The third kappa shape index (κ3) is 12.1. The average molecular weight is 273 g/mol. The molecule has 0 saturated heterocycles. The molecule has 4 N–H and O–H groups in total. The summed E-state index contributed by atoms with van der Waals surface area (Å²) >= 11 is 0. The summed E-state index contributed by atoms with van der Waals surface area (Å²) in [5.41, 5.74) is 4.95. The fourth-order valence-corrected chi connectivity index (χ4v) is 1.59. The zero-order chi connectivity index (χ0) is 14.9. The SMILES string of the molecule is CC(C)NCCC(C)(C)OCC(C)NCCC(N)=O. The summed E-state index contributed by atoms with van der Waals surface area (Å²) in [6, 6.07) is 0.724. The van der Waals surface area contributed by atoms with E-state index < -0.39 is 0 Å². The van der Waals surface area contributed by atoms with Crippen molar-refractivity contribution in [3.8, 4) is 0 Å². The Hall–Kier alpha value is -0.650. The molecule has 0 aliphatic heterocycles. The van der Waals surface area contributed by atoms with Gasteiger partial charge in [0.25, 0.3) is 0 Å². The Labute approximate surface area is 117 Å². The summed E-state index contributed by atoms with van der Waals surface area (Å²) in [5.74, 6) is -0.277. The van der Waals surface area contributed by atoms with E-state index >= 15 is 0 Å². The highest BCUT2D eigenvalue weighted by atomic mass is 16.5. The number of carbonyl (C=O) groups excluding carboxylic acids is 1. The van der Waals surface area contributed by atoms with Gasteiger partial charge in [0, 0.05) is 25.0 Å². The molecule has 114 valence electrons. The molecule has 1 amide bonds. The maximum absolute atomic E-state index is 10.6. The van der Waals surface area contributed by atoms with E-state index in [4.69, 9.17) is 10.5 Å². The van der Waals surface area contributed by atoms with Crippen LogP contribution in [0.25, 0.3) is 0 Å². The van der Waals surface area contributed by atoms with Crippen molar-refractivity contribution in [1.29, 1.82) is 0 Å². The van der Waals surface area contributed by atoms with E-state index in [0.29, 0.717) is 25.6 Å². The largest absolute Gasteiger partial charge is 0.374 e. The van der Waals surface area contributed by atoms with Crippen LogP contribution in [-0.2, 0) is 9.53 Å². The summed E-state index contributed by atoms with van der Waals surface area (Å²) in [5, 5.41) is 6.61. The van der Waals surface area contributed by atoms with E-state index in [2.05, 4.69) is 38.3 Å². The molecule has 0 aromatic rings. The number of ether oxygens (including phenoxy) is 1. The first kappa shape index (κ1) is 18.4. The number of nitrogens with two attached hydrogens (primary N) is 1. The van der Waals surface area contributed by atoms with Gasteiger partial charge in [-0.25, -0.2) is 0 Å². The summed E-state index contributed by atoms with van der Waals surface area (Å²) in [6.45, 7) is 12.7. The van der Waals surface area contributed by atoms with Crippen LogP contribution in [0.15, 0.2) is 0 Å². The van der Waals surface area contributed by atoms with Crippen LogP contribution in [0.2, 0.25) is 0 Å². The van der Waals surface area contributed by atoms with Gasteiger partial charge >= 0.3 is 0 Å². The maximum Gasteiger partial charge on any atom is 0.218 e. The molecule has 0 aromatic heterocycles. The third-order valence-corrected chi connectivity index (χ3v) is 2.87. The molecule has 0 aliphatic carbocycles. The predicted molar refractivity (Wildman–Crippen MR) is 79.1 cm³/mol. The minimum Gasteiger partial charge on any atom is -0.374 e. The Morgan fingerprint density at radius 1 is 1.21 bits per heavy atom. The zero-order valence-electron chi connectivity index (χ0n) is 13.1. The molecule has 1 unspecified atom stereocenters. The lowest BCUT2D eigenvalue weighted by atomic mass is 10.0. The van der Waals surface area contributed by atoms with Crippen molar-refractivity contribution >= 4 is 5.91 Å². The van der Waals surface area contributed by atoms with Gasteiger partial charge in [-0.1, -0.05) is 13.8 Å². The summed E-state index contributed by atoms with van der Waals surface area (Å²) in [4.78, 5) is 10.6. The lowest BCUT2D eigenvalue weighted by molar-refractivity contribution is -0.118. The molecule has 1 atom stereocenters. The molecule has 5 nitrogen and oxygen atoms in total. The van der Waals surface area contributed by atoms with Crippen molar-refractivity contribution in [3.63, 3.8) is 0 Å². The second kappa shape index (κ2) is 9.28. The average Bonchev–Trinajstić information content (AvgIpc) is 2.25. The molecule has 0 saturated carbocycles. The van der Waals surface area contributed by atoms with E-state index in [1.807, 2.05) is 6.92 Å². The Balaban J connectivity index is 3.73. The van der Waals surface area contributed by atoms with Crippen LogP contribution in [-0.4, -0.2) is 43.3 Å². The molecule has 19 heavy (non-hydrogen) atoms. The minimum atomic E-state index is -0.277. The number of carbonyl (C=O) groups is 1. The van der Waals surface area contributed by atoms with E-state index in [1.54, 1.807) is 0 Å². The highest BCUT2D eigenvalue weighted by molar-refractivity contribution is 5.73. The molecule has 0 radical (unpaired) electrons. The Bertz CT molecular complexity index is 255. The molecule has 0 spiro atoms. The van der Waals surface area contributed by atoms with Gasteiger partial charge in [0.15, 0.2) is 0 Å². The van der Waals surface area contributed by atoms with Crippen LogP contribution in [0.5, 0.6) is 0 Å². The van der Waals surface area contributed by atoms with Gasteiger partial charge in [-0.3, -0.25) is 4.79 Å². The van der Waals surface area contributed by atoms with Crippen LogP contribution < -0.4 is 16.4 Å². The van der Waals surface area contributed by atoms with Crippen molar-refractivity contribution in [2.75, 3.05) is 19.7 Å². The number of rotatable bonds is 11. The first-order valence-electron chi connectivity index (χ1n) is 7.12. The first-order valence-corrected chi connectivity index (χ1v) is 7.12. The molecule has 0 heterocycles. The number of primary amides is 1. The van der Waals surface area contributed by atoms with Gasteiger partial charge in [-0.15, -0.1) is 0 Å². The smallest absolute Gasteiger partial charge is 0.218 e. The van der Waals surface area contributed by atoms with Gasteiger partial charge in [-0.05, 0) is 33.7 Å². The molecular formula is C14H31N3O2. The third-order valence-electron chi connectivity index (χ3n) is 2.87. The van der Waals surface area contributed by atoms with E-state index in [-0.39, 0.29) is 17.6 Å².